The van der Waals surface area contributed by atoms with Crippen LogP contribution in [-0.4, -0.2) is 47.4 Å². The maximum atomic E-state index is 14.3. The van der Waals surface area contributed by atoms with Crippen molar-refractivity contribution in [1.29, 1.82) is 0 Å². The van der Waals surface area contributed by atoms with Crippen molar-refractivity contribution < 1.29 is 35.6 Å². The smallest absolute Gasteiger partial charge is 0.347 e. The van der Waals surface area contributed by atoms with E-state index in [0.29, 0.717) is 25.3 Å². The molecule has 1 saturated heterocycles. The lowest BCUT2D eigenvalue weighted by molar-refractivity contribution is -0.140. The molecule has 2 heterocycles. The number of carbonyl (C=O) groups excluding carboxylic acids is 2. The third-order valence-electron chi connectivity index (χ3n) is 7.94. The molecule has 1 N–H and O–H groups in total. The summed E-state index contributed by atoms with van der Waals surface area (Å²) >= 11 is 0. The first-order valence-electron chi connectivity index (χ1n) is 12.6. The van der Waals surface area contributed by atoms with E-state index in [4.69, 9.17) is 0 Å². The van der Waals surface area contributed by atoms with E-state index in [1.807, 2.05) is 0 Å². The maximum absolute atomic E-state index is 14.3. The standard InChI is InChI=1S/C26H25F4N3O4S/c27-20-8-14(3-6-19(20)26(28,29)30)23(13-1-2-13)32-24(34)22-10-15-9-21(15)33(22)25(35)16-7-18(12-31-11-16)38(36,37)17-4-5-17/h3,6-8,11-13,15,17,21-23H,1-2,4-5,9-10H2,(H,32,34)/t15-,21-,22-,23-/m1/s1. The van der Waals surface area contributed by atoms with Gasteiger partial charge in [-0.15, -0.1) is 0 Å². The van der Waals surface area contributed by atoms with Crippen LogP contribution in [0.4, 0.5) is 17.6 Å². The van der Waals surface area contributed by atoms with Crippen LogP contribution in [0, 0.1) is 17.7 Å². The van der Waals surface area contributed by atoms with Gasteiger partial charge in [0.25, 0.3) is 5.91 Å². The molecule has 2 aromatic rings. The van der Waals surface area contributed by atoms with E-state index in [1.165, 1.54) is 29.4 Å². The number of alkyl halides is 3. The Morgan fingerprint density at radius 3 is 2.42 bits per heavy atom. The fourth-order valence-corrected chi connectivity index (χ4v) is 7.14. The third kappa shape index (κ3) is 4.56. The lowest BCUT2D eigenvalue weighted by atomic mass is 9.99. The summed E-state index contributed by atoms with van der Waals surface area (Å²) in [5.41, 5.74) is -1.04. The second kappa shape index (κ2) is 8.75. The van der Waals surface area contributed by atoms with Gasteiger partial charge in [0.05, 0.1) is 27.3 Å². The number of pyridine rings is 1. The van der Waals surface area contributed by atoms with Crippen LogP contribution in [0.15, 0.2) is 41.6 Å². The van der Waals surface area contributed by atoms with E-state index in [1.54, 1.807) is 0 Å². The number of aromatic nitrogens is 1. The Hall–Kier alpha value is -3.02. The fraction of sp³-hybridized carbons (Fsp3) is 0.500. The Balaban J connectivity index is 1.22. The summed E-state index contributed by atoms with van der Waals surface area (Å²) < 4.78 is 78.6. The van der Waals surface area contributed by atoms with Crippen molar-refractivity contribution in [3.63, 3.8) is 0 Å². The highest BCUT2D eigenvalue weighted by Gasteiger charge is 2.56. The molecule has 6 rings (SSSR count). The van der Waals surface area contributed by atoms with Gasteiger partial charge >= 0.3 is 6.18 Å². The van der Waals surface area contributed by atoms with Crippen molar-refractivity contribution in [2.75, 3.05) is 0 Å². The topological polar surface area (TPSA) is 96.4 Å². The van der Waals surface area contributed by atoms with Crippen molar-refractivity contribution in [3.05, 3.63) is 59.2 Å². The molecule has 7 nitrogen and oxygen atoms in total. The van der Waals surface area contributed by atoms with Gasteiger partial charge in [-0.2, -0.15) is 13.2 Å². The number of hydrogen-bond donors (Lipinski definition) is 1. The number of sulfone groups is 1. The number of amides is 2. The highest BCUT2D eigenvalue weighted by molar-refractivity contribution is 7.92. The quantitative estimate of drug-likeness (QED) is 0.524. The number of hydrogen-bond acceptors (Lipinski definition) is 5. The molecule has 4 aliphatic rings. The molecule has 0 spiro atoms. The summed E-state index contributed by atoms with van der Waals surface area (Å²) in [6, 6.07) is 2.34. The monoisotopic (exact) mass is 551 g/mol. The van der Waals surface area contributed by atoms with Gasteiger partial charge in [-0.05, 0) is 74.1 Å². The third-order valence-corrected chi connectivity index (χ3v) is 10.2. The van der Waals surface area contributed by atoms with Gasteiger partial charge < -0.3 is 10.2 Å². The normalized spacial score (nSPS) is 25.6. The van der Waals surface area contributed by atoms with Crippen molar-refractivity contribution in [3.8, 4) is 0 Å². The van der Waals surface area contributed by atoms with E-state index in [2.05, 4.69) is 10.3 Å². The minimum atomic E-state index is -4.82. The van der Waals surface area contributed by atoms with Crippen LogP contribution in [0.5, 0.6) is 0 Å². The average Bonchev–Trinajstić information content (AvgIpc) is 3.72. The zero-order valence-corrected chi connectivity index (χ0v) is 20.9. The number of piperidine rings is 1. The van der Waals surface area contributed by atoms with Gasteiger partial charge in [-0.3, -0.25) is 14.6 Å². The van der Waals surface area contributed by atoms with Crippen LogP contribution in [0.1, 0.15) is 66.1 Å². The van der Waals surface area contributed by atoms with Crippen molar-refractivity contribution in [2.45, 2.75) is 73.0 Å². The molecular formula is C26H25F4N3O4S. The molecule has 12 heteroatoms. The van der Waals surface area contributed by atoms with Gasteiger partial charge in [-0.25, -0.2) is 12.8 Å². The molecule has 0 unspecified atom stereocenters. The molecular weight excluding hydrogens is 526 g/mol. The van der Waals surface area contributed by atoms with Crippen LogP contribution in [-0.2, 0) is 20.8 Å². The van der Waals surface area contributed by atoms with E-state index < -0.39 is 56.5 Å². The number of fused-ring (bicyclic) bond motifs is 1. The molecule has 202 valence electrons. The Labute approximate surface area is 216 Å². The fourth-order valence-electron chi connectivity index (χ4n) is 5.50. The molecule has 0 radical (unpaired) electrons. The Kier molecular flexibility index (Phi) is 5.82. The minimum absolute atomic E-state index is 0.0171. The summed E-state index contributed by atoms with van der Waals surface area (Å²) in [6.07, 6.45) is 1.47. The molecule has 2 amide bonds. The summed E-state index contributed by atoms with van der Waals surface area (Å²) in [4.78, 5) is 32.3. The summed E-state index contributed by atoms with van der Waals surface area (Å²) in [5, 5.41) is 2.41. The molecule has 1 aliphatic heterocycles. The molecule has 4 fully saturated rings. The predicted molar refractivity (Wildman–Crippen MR) is 126 cm³/mol. The van der Waals surface area contributed by atoms with E-state index in [-0.39, 0.29) is 33.9 Å². The molecule has 1 aromatic carbocycles. The highest BCUT2D eigenvalue weighted by Crippen LogP contribution is 2.49. The number of nitrogens with one attached hydrogen (secondary N) is 1. The van der Waals surface area contributed by atoms with Crippen LogP contribution in [0.3, 0.4) is 0 Å². The van der Waals surface area contributed by atoms with Gasteiger partial charge in [0, 0.05) is 18.4 Å². The van der Waals surface area contributed by atoms with E-state index >= 15 is 0 Å². The SMILES string of the molecule is O=C(N[C@@H](c1ccc(C(F)(F)F)c(F)c1)C1CC1)[C@H]1C[C@H]2C[C@H]2N1C(=O)c1cncc(S(=O)(=O)C2CC2)c1. The van der Waals surface area contributed by atoms with Gasteiger partial charge in [0.1, 0.15) is 11.9 Å². The lowest BCUT2D eigenvalue weighted by Gasteiger charge is -2.29. The average molecular weight is 552 g/mol. The van der Waals surface area contributed by atoms with Crippen LogP contribution in [0.2, 0.25) is 0 Å². The predicted octanol–water partition coefficient (Wildman–Crippen LogP) is 4.05. The minimum Gasteiger partial charge on any atom is -0.347 e. The van der Waals surface area contributed by atoms with Crippen molar-refractivity contribution in [2.24, 2.45) is 11.8 Å². The molecule has 1 aromatic heterocycles. The summed E-state index contributed by atoms with van der Waals surface area (Å²) in [6.45, 7) is 0. The van der Waals surface area contributed by atoms with Crippen molar-refractivity contribution >= 4 is 21.7 Å². The first kappa shape index (κ1) is 25.3. The molecule has 0 bridgehead atoms. The first-order valence-corrected chi connectivity index (χ1v) is 14.2. The largest absolute Gasteiger partial charge is 0.419 e. The Morgan fingerprint density at radius 1 is 1.05 bits per heavy atom. The summed E-state index contributed by atoms with van der Waals surface area (Å²) in [7, 11) is -3.56. The second-order valence-electron chi connectivity index (χ2n) is 10.7. The van der Waals surface area contributed by atoms with Crippen LogP contribution in [0.25, 0.3) is 0 Å². The Bertz CT molecular complexity index is 1420. The highest BCUT2D eigenvalue weighted by atomic mass is 32.2. The molecule has 3 aliphatic carbocycles. The maximum Gasteiger partial charge on any atom is 0.419 e. The van der Waals surface area contributed by atoms with Crippen LogP contribution < -0.4 is 5.32 Å². The van der Waals surface area contributed by atoms with Gasteiger partial charge in [0.2, 0.25) is 5.91 Å². The molecule has 38 heavy (non-hydrogen) atoms. The lowest BCUT2D eigenvalue weighted by Crippen LogP contribution is -2.49. The van der Waals surface area contributed by atoms with E-state index in [0.717, 1.165) is 25.3 Å². The number of benzene rings is 1. The number of nitrogens with zero attached hydrogens (tertiary/aromatic N) is 2. The Morgan fingerprint density at radius 2 is 1.79 bits per heavy atom. The summed E-state index contributed by atoms with van der Waals surface area (Å²) in [5.74, 6) is -2.24. The number of carbonyl (C=O) groups is 2. The van der Waals surface area contributed by atoms with E-state index in [9.17, 15) is 35.6 Å². The molecule has 4 atom stereocenters. The molecule has 3 saturated carbocycles. The number of likely N-dealkylation sites (tertiary alicyclic amines) is 1. The van der Waals surface area contributed by atoms with Crippen molar-refractivity contribution in [1.82, 2.24) is 15.2 Å². The first-order chi connectivity index (χ1) is 17.9. The number of halogens is 4. The van der Waals surface area contributed by atoms with Crippen LogP contribution >= 0.6 is 0 Å². The zero-order chi connectivity index (χ0) is 27.0. The van der Waals surface area contributed by atoms with Gasteiger partial charge in [0.15, 0.2) is 9.84 Å². The van der Waals surface area contributed by atoms with Gasteiger partial charge in [-0.1, -0.05) is 6.07 Å². The zero-order valence-electron chi connectivity index (χ0n) is 20.1. The number of rotatable bonds is 7. The second-order valence-corrected chi connectivity index (χ2v) is 13.0.